The molecule has 0 aliphatic carbocycles. The van der Waals surface area contributed by atoms with Gasteiger partial charge in [0.05, 0.1) is 10.7 Å². The molecule has 0 N–H and O–H groups in total. The van der Waals surface area contributed by atoms with Gasteiger partial charge in [-0.2, -0.15) is 13.2 Å². The second-order valence-corrected chi connectivity index (χ2v) is 8.16. The summed E-state index contributed by atoms with van der Waals surface area (Å²) in [5, 5.41) is 0. The Labute approximate surface area is 143 Å². The quantitative estimate of drug-likeness (QED) is 0.727. The zero-order chi connectivity index (χ0) is 16.3. The van der Waals surface area contributed by atoms with Gasteiger partial charge in [-0.3, -0.25) is 0 Å². The van der Waals surface area contributed by atoms with Gasteiger partial charge in [-0.15, -0.1) is 11.8 Å². The minimum Gasteiger partial charge on any atom is -0.369 e. The molecule has 7 heteroatoms. The maximum Gasteiger partial charge on any atom is 0.393 e. The van der Waals surface area contributed by atoms with Gasteiger partial charge >= 0.3 is 6.18 Å². The number of hydrogen-bond acceptors (Lipinski definition) is 4. The molecule has 0 amide bonds. The van der Waals surface area contributed by atoms with Gasteiger partial charge in [0.2, 0.25) is 0 Å². The first-order valence-corrected chi connectivity index (χ1v) is 9.42. The number of anilines is 1. The summed E-state index contributed by atoms with van der Waals surface area (Å²) < 4.78 is 40.9. The van der Waals surface area contributed by atoms with Crippen LogP contribution in [0.4, 0.5) is 18.9 Å². The number of alkyl halides is 3. The molecule has 2 aliphatic rings. The normalized spacial score (nSPS) is 20.0. The van der Waals surface area contributed by atoms with Gasteiger partial charge < -0.3 is 4.90 Å². The van der Waals surface area contributed by atoms with Gasteiger partial charge in [-0.05, 0) is 36.1 Å². The summed E-state index contributed by atoms with van der Waals surface area (Å²) in [6.07, 6.45) is -1.54. The Kier molecular flexibility index (Phi) is 5.49. The molecule has 0 radical (unpaired) electrons. The van der Waals surface area contributed by atoms with Crippen LogP contribution in [0.3, 0.4) is 0 Å². The van der Waals surface area contributed by atoms with Crippen LogP contribution in [-0.2, 0) is 6.42 Å². The number of halogens is 3. The molecule has 2 nitrogen and oxygen atoms in total. The lowest BCUT2D eigenvalue weighted by Gasteiger charge is -2.35. The number of rotatable bonds is 4. The van der Waals surface area contributed by atoms with Crippen molar-refractivity contribution < 1.29 is 13.2 Å². The zero-order valence-corrected chi connectivity index (χ0v) is 14.3. The summed E-state index contributed by atoms with van der Waals surface area (Å²) >= 11 is 3.76. The summed E-state index contributed by atoms with van der Waals surface area (Å²) in [5.41, 5.74) is 1.33. The molecule has 0 aromatic heterocycles. The first-order chi connectivity index (χ1) is 11.0. The van der Waals surface area contributed by atoms with Crippen molar-refractivity contribution >= 4 is 29.4 Å². The molecular weight excluding hydrogens is 341 g/mol. The molecular formula is C16H19F3N2S2. The lowest BCUT2D eigenvalue weighted by molar-refractivity contribution is -0.127. The Morgan fingerprint density at radius 1 is 1.04 bits per heavy atom. The van der Waals surface area contributed by atoms with Crippen molar-refractivity contribution in [2.45, 2.75) is 19.0 Å². The molecule has 0 bridgehead atoms. The van der Waals surface area contributed by atoms with Gasteiger partial charge in [-0.25, -0.2) is 4.31 Å². The van der Waals surface area contributed by atoms with E-state index < -0.39 is 12.6 Å². The van der Waals surface area contributed by atoms with E-state index in [2.05, 4.69) is 15.3 Å². The molecule has 23 heavy (non-hydrogen) atoms. The Morgan fingerprint density at radius 3 is 2.30 bits per heavy atom. The minimum absolute atomic E-state index is 0.320. The third kappa shape index (κ3) is 5.09. The van der Waals surface area contributed by atoms with Crippen LogP contribution in [0.25, 0.3) is 0 Å². The predicted molar refractivity (Wildman–Crippen MR) is 92.7 cm³/mol. The van der Waals surface area contributed by atoms with Crippen molar-refractivity contribution in [3.8, 4) is 0 Å². The first-order valence-electron chi connectivity index (χ1n) is 7.66. The van der Waals surface area contributed by atoms with E-state index >= 15 is 0 Å². The zero-order valence-electron chi connectivity index (χ0n) is 12.7. The van der Waals surface area contributed by atoms with Crippen molar-refractivity contribution in [2.75, 3.05) is 36.8 Å². The second-order valence-electron chi connectivity index (χ2n) is 5.63. The average molecular weight is 360 g/mol. The number of hydrogen-bond donors (Lipinski definition) is 0. The molecule has 2 heterocycles. The topological polar surface area (TPSA) is 6.48 Å². The monoisotopic (exact) mass is 360 g/mol. The van der Waals surface area contributed by atoms with E-state index in [1.54, 1.807) is 24.3 Å². The minimum atomic E-state index is -4.14. The molecule has 2 aliphatic heterocycles. The number of allylic oxidation sites excluding steroid dienone is 1. The Hall–Kier alpha value is -0.790. The van der Waals surface area contributed by atoms with E-state index in [4.69, 9.17) is 0 Å². The van der Waals surface area contributed by atoms with E-state index in [0.29, 0.717) is 5.56 Å². The predicted octanol–water partition coefficient (Wildman–Crippen LogP) is 4.54. The number of benzene rings is 1. The van der Waals surface area contributed by atoms with Crippen LogP contribution in [-0.4, -0.2) is 42.4 Å². The summed E-state index contributed by atoms with van der Waals surface area (Å²) in [6.45, 7) is 3.74. The fourth-order valence-electron chi connectivity index (χ4n) is 2.68. The standard InChI is InChI=1S/C16H19F3N2S2/c17-16(18,19)12-13-3-5-14(6-4-13)20-7-9-21(10-8-20)23-15-2-1-11-22-15/h2-6H,1,7-12H2. The Morgan fingerprint density at radius 2 is 1.74 bits per heavy atom. The molecule has 0 saturated carbocycles. The average Bonchev–Trinajstić information content (AvgIpc) is 3.00. The lowest BCUT2D eigenvalue weighted by atomic mass is 10.1. The fraction of sp³-hybridized carbons (Fsp3) is 0.500. The molecule has 0 unspecified atom stereocenters. The van der Waals surface area contributed by atoms with E-state index in [0.717, 1.165) is 38.3 Å². The van der Waals surface area contributed by atoms with E-state index in [1.807, 2.05) is 23.7 Å². The molecule has 1 fully saturated rings. The van der Waals surface area contributed by atoms with Gasteiger partial charge in [0.25, 0.3) is 0 Å². The summed E-state index contributed by atoms with van der Waals surface area (Å²) in [7, 11) is 0. The fourth-order valence-corrected chi connectivity index (χ4v) is 4.92. The first kappa shape index (κ1) is 17.0. The SMILES string of the molecule is FC(F)(F)Cc1ccc(N2CCN(SC3=CCCS3)CC2)cc1. The highest BCUT2D eigenvalue weighted by molar-refractivity contribution is 8.21. The van der Waals surface area contributed by atoms with Crippen molar-refractivity contribution in [3.63, 3.8) is 0 Å². The van der Waals surface area contributed by atoms with Gasteiger partial charge in [-0.1, -0.05) is 18.2 Å². The highest BCUT2D eigenvalue weighted by Crippen LogP contribution is 2.37. The maximum absolute atomic E-state index is 12.4. The molecule has 1 aromatic carbocycles. The molecule has 0 atom stereocenters. The third-order valence-electron chi connectivity index (χ3n) is 3.84. The summed E-state index contributed by atoms with van der Waals surface area (Å²) in [4.78, 5) is 2.24. The molecule has 1 aromatic rings. The van der Waals surface area contributed by atoms with Crippen molar-refractivity contribution in [2.24, 2.45) is 0 Å². The molecule has 126 valence electrons. The summed E-state index contributed by atoms with van der Waals surface area (Å²) in [5.74, 6) is 1.19. The number of piperazine rings is 1. The van der Waals surface area contributed by atoms with Crippen LogP contribution in [0.1, 0.15) is 12.0 Å². The highest BCUT2D eigenvalue weighted by atomic mass is 32.2. The van der Waals surface area contributed by atoms with Crippen molar-refractivity contribution in [1.82, 2.24) is 4.31 Å². The Bertz CT molecular complexity index is 549. The summed E-state index contributed by atoms with van der Waals surface area (Å²) in [6, 6.07) is 6.78. The van der Waals surface area contributed by atoms with Crippen LogP contribution in [0, 0.1) is 0 Å². The van der Waals surface area contributed by atoms with Crippen LogP contribution in [0.2, 0.25) is 0 Å². The third-order valence-corrected chi connectivity index (χ3v) is 6.28. The van der Waals surface area contributed by atoms with Gasteiger partial charge in [0.1, 0.15) is 0 Å². The number of nitrogens with zero attached hydrogens (tertiary/aromatic N) is 2. The van der Waals surface area contributed by atoms with Crippen molar-refractivity contribution in [1.29, 1.82) is 0 Å². The maximum atomic E-state index is 12.4. The van der Waals surface area contributed by atoms with Gasteiger partial charge in [0, 0.05) is 37.6 Å². The van der Waals surface area contributed by atoms with Crippen molar-refractivity contribution in [3.05, 3.63) is 40.1 Å². The van der Waals surface area contributed by atoms with Crippen LogP contribution >= 0.6 is 23.7 Å². The van der Waals surface area contributed by atoms with E-state index in [9.17, 15) is 13.2 Å². The molecule has 1 saturated heterocycles. The van der Waals surface area contributed by atoms with Crippen LogP contribution in [0.15, 0.2) is 34.6 Å². The highest BCUT2D eigenvalue weighted by Gasteiger charge is 2.27. The van der Waals surface area contributed by atoms with E-state index in [1.165, 1.54) is 9.99 Å². The molecule has 0 spiro atoms. The smallest absolute Gasteiger partial charge is 0.369 e. The van der Waals surface area contributed by atoms with Crippen LogP contribution < -0.4 is 4.90 Å². The van der Waals surface area contributed by atoms with E-state index in [-0.39, 0.29) is 0 Å². The van der Waals surface area contributed by atoms with Crippen LogP contribution in [0.5, 0.6) is 0 Å². The Balaban J connectivity index is 1.51. The number of thioether (sulfide) groups is 1. The van der Waals surface area contributed by atoms with Gasteiger partial charge in [0.15, 0.2) is 0 Å². The largest absolute Gasteiger partial charge is 0.393 e. The lowest BCUT2D eigenvalue weighted by Crippen LogP contribution is -2.43. The second kappa shape index (κ2) is 7.40. The molecule has 3 rings (SSSR count).